The maximum absolute atomic E-state index is 12.6. The molecule has 0 spiro atoms. The Hall–Kier alpha value is -2.73. The van der Waals surface area contributed by atoms with Gasteiger partial charge >= 0.3 is 0 Å². The van der Waals surface area contributed by atoms with E-state index in [0.29, 0.717) is 16.5 Å². The van der Waals surface area contributed by atoms with Crippen LogP contribution in [0.25, 0.3) is 10.9 Å². The summed E-state index contributed by atoms with van der Waals surface area (Å²) in [6.45, 7) is 0. The van der Waals surface area contributed by atoms with Crippen molar-refractivity contribution >= 4 is 29.0 Å². The minimum Gasteiger partial charge on any atom is -0.345 e. The maximum atomic E-state index is 12.6. The lowest BCUT2D eigenvalue weighted by atomic mass is 10.1. The van der Waals surface area contributed by atoms with Crippen LogP contribution in [0.1, 0.15) is 33.9 Å². The van der Waals surface area contributed by atoms with Crippen molar-refractivity contribution in [2.45, 2.75) is 18.9 Å². The Morgan fingerprint density at radius 2 is 2.00 bits per heavy atom. The second kappa shape index (κ2) is 5.72. The predicted molar refractivity (Wildman–Crippen MR) is 94.7 cm³/mol. The first kappa shape index (κ1) is 14.8. The standard InChI is InChI=1S/C18H15N3O2S/c22-16(19-14-8-6-10-3-1-2-4-12(10)14)11-5-7-13-15(9-11)20-18(24)21-17(13)23/h1-5,7,9,14H,6,8H2,(H,19,22)(H2,20,21,23,24)/t14-/m0/s1. The van der Waals surface area contributed by atoms with Crippen molar-refractivity contribution in [3.8, 4) is 0 Å². The molecule has 3 N–H and O–H groups in total. The number of hydrogen-bond donors (Lipinski definition) is 3. The van der Waals surface area contributed by atoms with E-state index in [9.17, 15) is 9.59 Å². The normalized spacial score (nSPS) is 16.1. The molecule has 3 aromatic rings. The lowest BCUT2D eigenvalue weighted by molar-refractivity contribution is 0.0937. The number of aromatic nitrogens is 2. The van der Waals surface area contributed by atoms with E-state index in [4.69, 9.17) is 12.2 Å². The molecule has 0 fully saturated rings. The maximum Gasteiger partial charge on any atom is 0.259 e. The third-order valence-corrected chi connectivity index (χ3v) is 4.64. The SMILES string of the molecule is O=C(N[C@H]1CCc2ccccc21)c1ccc2c(=O)[nH]c(=S)[nH]c2c1. The zero-order chi connectivity index (χ0) is 16.7. The van der Waals surface area contributed by atoms with Crippen LogP contribution in [0.15, 0.2) is 47.3 Å². The van der Waals surface area contributed by atoms with Gasteiger partial charge in [-0.05, 0) is 54.4 Å². The summed E-state index contributed by atoms with van der Waals surface area (Å²) < 4.78 is 0.245. The van der Waals surface area contributed by atoms with E-state index in [1.165, 1.54) is 11.1 Å². The number of hydrogen-bond acceptors (Lipinski definition) is 3. The van der Waals surface area contributed by atoms with Gasteiger partial charge in [0, 0.05) is 5.56 Å². The number of fused-ring (bicyclic) bond motifs is 2. The van der Waals surface area contributed by atoms with Crippen LogP contribution in [0.5, 0.6) is 0 Å². The summed E-state index contributed by atoms with van der Waals surface area (Å²) >= 11 is 4.98. The third-order valence-electron chi connectivity index (χ3n) is 4.44. The molecule has 2 aromatic carbocycles. The number of aryl methyl sites for hydroxylation is 1. The highest BCUT2D eigenvalue weighted by Gasteiger charge is 2.23. The number of rotatable bonds is 2. The van der Waals surface area contributed by atoms with Crippen LogP contribution in [0.4, 0.5) is 0 Å². The fourth-order valence-corrected chi connectivity index (χ4v) is 3.46. The number of carbonyl (C=O) groups excluding carboxylic acids is 1. The fraction of sp³-hybridized carbons (Fsp3) is 0.167. The minimum absolute atomic E-state index is 0.0297. The van der Waals surface area contributed by atoms with Crippen LogP contribution in [-0.4, -0.2) is 15.9 Å². The number of nitrogens with one attached hydrogen (secondary N) is 3. The smallest absolute Gasteiger partial charge is 0.259 e. The van der Waals surface area contributed by atoms with E-state index in [1.807, 2.05) is 12.1 Å². The molecule has 0 aliphatic heterocycles. The van der Waals surface area contributed by atoms with E-state index < -0.39 is 0 Å². The first-order valence-corrected chi connectivity index (χ1v) is 8.18. The van der Waals surface area contributed by atoms with Gasteiger partial charge in [0.2, 0.25) is 0 Å². The number of benzene rings is 2. The van der Waals surface area contributed by atoms with Crippen molar-refractivity contribution in [2.24, 2.45) is 0 Å². The Balaban J connectivity index is 1.65. The molecule has 0 saturated heterocycles. The van der Waals surface area contributed by atoms with Crippen LogP contribution >= 0.6 is 12.2 Å². The fourth-order valence-electron chi connectivity index (χ4n) is 3.26. The number of carbonyl (C=O) groups is 1. The Kier molecular flexibility index (Phi) is 3.54. The van der Waals surface area contributed by atoms with E-state index >= 15 is 0 Å². The van der Waals surface area contributed by atoms with Crippen LogP contribution in [-0.2, 0) is 6.42 Å². The van der Waals surface area contributed by atoms with Gasteiger partial charge in [-0.1, -0.05) is 24.3 Å². The predicted octanol–water partition coefficient (Wildman–Crippen LogP) is 3.00. The van der Waals surface area contributed by atoms with Crippen molar-refractivity contribution in [3.05, 3.63) is 74.3 Å². The Morgan fingerprint density at radius 3 is 2.88 bits per heavy atom. The van der Waals surface area contributed by atoms with Crippen LogP contribution < -0.4 is 10.9 Å². The molecule has 5 nitrogen and oxygen atoms in total. The van der Waals surface area contributed by atoms with Crippen molar-refractivity contribution in [1.82, 2.24) is 15.3 Å². The second-order valence-corrected chi connectivity index (χ2v) is 6.34. The van der Waals surface area contributed by atoms with Gasteiger partial charge in [0.05, 0.1) is 16.9 Å². The molecule has 4 rings (SSSR count). The molecular weight excluding hydrogens is 322 g/mol. The summed E-state index contributed by atoms with van der Waals surface area (Å²) in [5.74, 6) is -0.154. The zero-order valence-electron chi connectivity index (χ0n) is 12.8. The Morgan fingerprint density at radius 1 is 1.17 bits per heavy atom. The molecule has 24 heavy (non-hydrogen) atoms. The molecular formula is C18H15N3O2S. The molecule has 120 valence electrons. The lowest BCUT2D eigenvalue weighted by Crippen LogP contribution is -2.27. The summed E-state index contributed by atoms with van der Waals surface area (Å²) in [5.41, 5.74) is 3.27. The zero-order valence-corrected chi connectivity index (χ0v) is 13.6. The van der Waals surface area contributed by atoms with Gasteiger partial charge in [-0.25, -0.2) is 0 Å². The molecule has 1 heterocycles. The summed E-state index contributed by atoms with van der Waals surface area (Å²) in [5, 5.41) is 3.56. The quantitative estimate of drug-likeness (QED) is 0.629. The topological polar surface area (TPSA) is 77.8 Å². The highest BCUT2D eigenvalue weighted by molar-refractivity contribution is 7.71. The lowest BCUT2D eigenvalue weighted by Gasteiger charge is -2.14. The molecule has 0 radical (unpaired) electrons. The summed E-state index contributed by atoms with van der Waals surface area (Å²) in [6.07, 6.45) is 1.88. The van der Waals surface area contributed by atoms with Gasteiger partial charge in [-0.3, -0.25) is 14.6 Å². The number of amides is 1. The largest absolute Gasteiger partial charge is 0.345 e. The van der Waals surface area contributed by atoms with Crippen LogP contribution in [0, 0.1) is 4.77 Å². The van der Waals surface area contributed by atoms with Gasteiger partial charge in [0.15, 0.2) is 4.77 Å². The van der Waals surface area contributed by atoms with Gasteiger partial charge in [0.25, 0.3) is 11.5 Å². The van der Waals surface area contributed by atoms with E-state index in [1.54, 1.807) is 18.2 Å². The molecule has 0 saturated carbocycles. The molecule has 1 amide bonds. The number of H-pyrrole nitrogens is 2. The summed E-state index contributed by atoms with van der Waals surface area (Å²) in [6, 6.07) is 13.2. The average molecular weight is 337 g/mol. The van der Waals surface area contributed by atoms with E-state index in [-0.39, 0.29) is 22.3 Å². The summed E-state index contributed by atoms with van der Waals surface area (Å²) in [4.78, 5) is 29.9. The van der Waals surface area contributed by atoms with Crippen molar-refractivity contribution < 1.29 is 4.79 Å². The van der Waals surface area contributed by atoms with E-state index in [0.717, 1.165) is 12.8 Å². The average Bonchev–Trinajstić information content (AvgIpc) is 2.97. The molecule has 1 aliphatic carbocycles. The Bertz CT molecular complexity index is 1070. The van der Waals surface area contributed by atoms with Gasteiger partial charge in [-0.15, -0.1) is 0 Å². The highest BCUT2D eigenvalue weighted by Crippen LogP contribution is 2.30. The molecule has 0 unspecified atom stereocenters. The molecule has 0 bridgehead atoms. The monoisotopic (exact) mass is 337 g/mol. The minimum atomic E-state index is -0.259. The van der Waals surface area contributed by atoms with E-state index in [2.05, 4.69) is 27.4 Å². The molecule has 6 heteroatoms. The van der Waals surface area contributed by atoms with Crippen LogP contribution in [0.2, 0.25) is 0 Å². The second-order valence-electron chi connectivity index (χ2n) is 5.93. The summed E-state index contributed by atoms with van der Waals surface area (Å²) in [7, 11) is 0. The first-order valence-electron chi connectivity index (χ1n) is 7.77. The first-order chi connectivity index (χ1) is 11.6. The van der Waals surface area contributed by atoms with Gasteiger partial charge < -0.3 is 10.3 Å². The van der Waals surface area contributed by atoms with Gasteiger partial charge in [-0.2, -0.15) is 0 Å². The molecule has 1 aliphatic rings. The van der Waals surface area contributed by atoms with Gasteiger partial charge in [0.1, 0.15) is 0 Å². The Labute approximate surface area is 142 Å². The van der Waals surface area contributed by atoms with Crippen molar-refractivity contribution in [2.75, 3.05) is 0 Å². The van der Waals surface area contributed by atoms with Crippen molar-refractivity contribution in [1.29, 1.82) is 0 Å². The third kappa shape index (κ3) is 2.55. The van der Waals surface area contributed by atoms with Crippen molar-refractivity contribution in [3.63, 3.8) is 0 Å². The molecule has 1 atom stereocenters. The number of aromatic amines is 2. The molecule has 1 aromatic heterocycles. The van der Waals surface area contributed by atoms with Crippen LogP contribution in [0.3, 0.4) is 0 Å². The highest BCUT2D eigenvalue weighted by atomic mass is 32.1.